The van der Waals surface area contributed by atoms with Crippen molar-refractivity contribution in [1.29, 1.82) is 0 Å². The third-order valence-electron chi connectivity index (χ3n) is 2.65. The lowest BCUT2D eigenvalue weighted by Crippen LogP contribution is -2.38. The Morgan fingerprint density at radius 2 is 2.00 bits per heavy atom. The third kappa shape index (κ3) is 3.78. The summed E-state index contributed by atoms with van der Waals surface area (Å²) in [5.74, 6) is 0. The van der Waals surface area contributed by atoms with E-state index in [1.165, 1.54) is 14.3 Å². The molecule has 2 nitrogen and oxygen atoms in total. The van der Waals surface area contributed by atoms with Crippen molar-refractivity contribution in [2.45, 2.75) is 39.4 Å². The Hall–Kier alpha value is -0.420. The molecule has 1 atom stereocenters. The highest BCUT2D eigenvalue weighted by molar-refractivity contribution is 7.26. The second kappa shape index (κ2) is 5.96. The van der Waals surface area contributed by atoms with E-state index in [2.05, 4.69) is 48.9 Å². The van der Waals surface area contributed by atoms with Crippen LogP contribution in [0.25, 0.3) is 9.40 Å². The average Bonchev–Trinajstić information content (AvgIpc) is 2.83. The zero-order valence-electron chi connectivity index (χ0n) is 10.6. The fourth-order valence-corrected chi connectivity index (χ4v) is 3.75. The van der Waals surface area contributed by atoms with Crippen LogP contribution in [-0.2, 0) is 6.54 Å². The number of rotatable bonds is 6. The minimum atomic E-state index is 0.512. The highest BCUT2D eigenvalue weighted by Crippen LogP contribution is 2.29. The van der Waals surface area contributed by atoms with Gasteiger partial charge in [-0.25, -0.2) is 0 Å². The zero-order chi connectivity index (χ0) is 12.3. The van der Waals surface area contributed by atoms with Crippen LogP contribution in [0.5, 0.6) is 0 Å². The van der Waals surface area contributed by atoms with Gasteiger partial charge in [-0.05, 0) is 24.4 Å². The Labute approximate surface area is 111 Å². The number of nitrogens with one attached hydrogen (secondary N) is 2. The van der Waals surface area contributed by atoms with Crippen LogP contribution >= 0.6 is 22.7 Å². The van der Waals surface area contributed by atoms with E-state index in [4.69, 9.17) is 0 Å². The van der Waals surface area contributed by atoms with Crippen molar-refractivity contribution >= 4 is 32.1 Å². The van der Waals surface area contributed by atoms with Crippen LogP contribution in [0.1, 0.15) is 25.6 Å². The van der Waals surface area contributed by atoms with Gasteiger partial charge in [-0.2, -0.15) is 0 Å². The van der Waals surface area contributed by atoms with E-state index < -0.39 is 0 Å². The Kier molecular flexibility index (Phi) is 4.56. The van der Waals surface area contributed by atoms with E-state index >= 15 is 0 Å². The number of hydrogen-bond donors (Lipinski definition) is 2. The fraction of sp³-hybridized carbons (Fsp3) is 0.538. The van der Waals surface area contributed by atoms with E-state index in [9.17, 15) is 0 Å². The summed E-state index contributed by atoms with van der Waals surface area (Å²) in [5, 5.41) is 9.16. The minimum absolute atomic E-state index is 0.512. The van der Waals surface area contributed by atoms with Gasteiger partial charge in [0.15, 0.2) is 0 Å². The van der Waals surface area contributed by atoms with Gasteiger partial charge in [-0.3, -0.25) is 0 Å². The lowest BCUT2D eigenvalue weighted by Gasteiger charge is -2.15. The molecule has 0 spiro atoms. The molecule has 2 heterocycles. The van der Waals surface area contributed by atoms with Gasteiger partial charge in [0.25, 0.3) is 0 Å². The fourth-order valence-electron chi connectivity index (χ4n) is 1.66. The lowest BCUT2D eigenvalue weighted by atomic mass is 10.3. The molecule has 0 aliphatic heterocycles. The van der Waals surface area contributed by atoms with Gasteiger partial charge in [0.2, 0.25) is 0 Å². The average molecular weight is 268 g/mol. The Morgan fingerprint density at radius 3 is 2.71 bits per heavy atom. The summed E-state index contributed by atoms with van der Waals surface area (Å²) in [6.07, 6.45) is 0. The smallest absolute Gasteiger partial charge is 0.0453 e. The van der Waals surface area contributed by atoms with Crippen molar-refractivity contribution < 1.29 is 0 Å². The molecule has 0 amide bonds. The van der Waals surface area contributed by atoms with Gasteiger partial charge >= 0.3 is 0 Å². The van der Waals surface area contributed by atoms with E-state index in [1.807, 2.05) is 22.7 Å². The molecule has 17 heavy (non-hydrogen) atoms. The maximum absolute atomic E-state index is 3.56. The molecule has 2 rings (SSSR count). The molecule has 0 aliphatic carbocycles. The molecule has 0 saturated carbocycles. The molecule has 4 heteroatoms. The summed E-state index contributed by atoms with van der Waals surface area (Å²) in [7, 11) is 0. The molecule has 1 unspecified atom stereocenters. The van der Waals surface area contributed by atoms with Crippen LogP contribution in [0, 0.1) is 0 Å². The topological polar surface area (TPSA) is 24.1 Å². The number of hydrogen-bond acceptors (Lipinski definition) is 4. The van der Waals surface area contributed by atoms with Gasteiger partial charge in [0.1, 0.15) is 0 Å². The van der Waals surface area contributed by atoms with Crippen LogP contribution in [0.3, 0.4) is 0 Å². The molecule has 0 saturated heterocycles. The summed E-state index contributed by atoms with van der Waals surface area (Å²) in [4.78, 5) is 1.43. The van der Waals surface area contributed by atoms with Crippen LogP contribution in [0.4, 0.5) is 0 Å². The predicted molar refractivity (Wildman–Crippen MR) is 79.1 cm³/mol. The van der Waals surface area contributed by atoms with Crippen LogP contribution < -0.4 is 10.6 Å². The van der Waals surface area contributed by atoms with Gasteiger partial charge in [-0.1, -0.05) is 13.8 Å². The van der Waals surface area contributed by atoms with Crippen molar-refractivity contribution in [1.82, 2.24) is 10.6 Å². The Bertz CT molecular complexity index is 430. The standard InChI is InChI=1S/C13H20N2S2/c1-9(2)14-7-10(3)15-8-11-6-13-12(17-11)4-5-16-13/h4-6,9-10,14-15H,7-8H2,1-3H3. The summed E-state index contributed by atoms with van der Waals surface area (Å²) < 4.78 is 2.83. The van der Waals surface area contributed by atoms with Crippen molar-refractivity contribution in [3.05, 3.63) is 22.4 Å². The zero-order valence-corrected chi connectivity index (χ0v) is 12.3. The normalized spacial score (nSPS) is 13.6. The van der Waals surface area contributed by atoms with Gasteiger partial charge in [0.05, 0.1) is 0 Å². The molecule has 2 aromatic heterocycles. The highest BCUT2D eigenvalue weighted by atomic mass is 32.1. The quantitative estimate of drug-likeness (QED) is 0.838. The first-order chi connectivity index (χ1) is 8.15. The maximum atomic E-state index is 3.56. The molecule has 2 aromatic rings. The number of fused-ring (bicyclic) bond motifs is 1. The van der Waals surface area contributed by atoms with Crippen molar-refractivity contribution in [3.8, 4) is 0 Å². The summed E-state index contributed by atoms with van der Waals surface area (Å²) in [6, 6.07) is 5.59. The van der Waals surface area contributed by atoms with E-state index in [0.717, 1.165) is 13.1 Å². The molecular formula is C13H20N2S2. The first-order valence-electron chi connectivity index (χ1n) is 6.08. The highest BCUT2D eigenvalue weighted by Gasteiger charge is 2.05. The van der Waals surface area contributed by atoms with Crippen LogP contribution in [0.2, 0.25) is 0 Å². The van der Waals surface area contributed by atoms with Crippen molar-refractivity contribution in [3.63, 3.8) is 0 Å². The van der Waals surface area contributed by atoms with Crippen molar-refractivity contribution in [2.75, 3.05) is 6.54 Å². The first-order valence-corrected chi connectivity index (χ1v) is 7.77. The summed E-state index contributed by atoms with van der Waals surface area (Å²) in [6.45, 7) is 8.59. The van der Waals surface area contributed by atoms with Gasteiger partial charge in [0, 0.05) is 39.5 Å². The molecule has 2 N–H and O–H groups in total. The van der Waals surface area contributed by atoms with Crippen LogP contribution in [0.15, 0.2) is 17.5 Å². The molecule has 94 valence electrons. The van der Waals surface area contributed by atoms with Gasteiger partial charge < -0.3 is 10.6 Å². The summed E-state index contributed by atoms with van der Waals surface area (Å²) >= 11 is 3.72. The Balaban J connectivity index is 1.79. The minimum Gasteiger partial charge on any atom is -0.313 e. The molecule has 0 aliphatic rings. The maximum Gasteiger partial charge on any atom is 0.0453 e. The predicted octanol–water partition coefficient (Wildman–Crippen LogP) is 3.44. The Morgan fingerprint density at radius 1 is 1.18 bits per heavy atom. The third-order valence-corrected chi connectivity index (χ3v) is 4.74. The van der Waals surface area contributed by atoms with E-state index in [-0.39, 0.29) is 0 Å². The molecule has 0 bridgehead atoms. The largest absolute Gasteiger partial charge is 0.313 e. The molecular weight excluding hydrogens is 248 g/mol. The second-order valence-corrected chi connectivity index (χ2v) is 6.82. The van der Waals surface area contributed by atoms with Crippen molar-refractivity contribution in [2.24, 2.45) is 0 Å². The monoisotopic (exact) mass is 268 g/mol. The molecule has 0 radical (unpaired) electrons. The van der Waals surface area contributed by atoms with E-state index in [1.54, 1.807) is 0 Å². The number of thiophene rings is 2. The second-order valence-electron chi connectivity index (χ2n) is 4.71. The van der Waals surface area contributed by atoms with E-state index in [0.29, 0.717) is 12.1 Å². The van der Waals surface area contributed by atoms with Crippen LogP contribution in [-0.4, -0.2) is 18.6 Å². The molecule has 0 fully saturated rings. The SMILES string of the molecule is CC(C)NCC(C)NCc1cc2sccc2s1. The lowest BCUT2D eigenvalue weighted by molar-refractivity contribution is 0.475. The molecule has 0 aromatic carbocycles. The van der Waals surface area contributed by atoms with Gasteiger partial charge in [-0.15, -0.1) is 22.7 Å². The first kappa shape index (κ1) is 13.0. The summed E-state index contributed by atoms with van der Waals surface area (Å²) in [5.41, 5.74) is 0.